The highest BCUT2D eigenvalue weighted by atomic mass is 19.1. The Kier molecular flexibility index (Phi) is 6.46. The number of ether oxygens (including phenoxy) is 1. The molecule has 1 fully saturated rings. The fraction of sp³-hybridized carbons (Fsp3) is 0.240. The highest BCUT2D eigenvalue weighted by molar-refractivity contribution is 5.76. The van der Waals surface area contributed by atoms with Crippen molar-refractivity contribution in [2.24, 2.45) is 0 Å². The van der Waals surface area contributed by atoms with E-state index in [2.05, 4.69) is 4.90 Å². The third-order valence-electron chi connectivity index (χ3n) is 5.40. The predicted molar refractivity (Wildman–Crippen MR) is 116 cm³/mol. The highest BCUT2D eigenvalue weighted by Gasteiger charge is 2.21. The fourth-order valence-corrected chi connectivity index (χ4v) is 3.68. The molecule has 3 aromatic rings. The van der Waals surface area contributed by atoms with Gasteiger partial charge < -0.3 is 14.5 Å². The van der Waals surface area contributed by atoms with Crippen molar-refractivity contribution in [1.29, 1.82) is 0 Å². The maximum absolute atomic E-state index is 13.1. The molecule has 3 aromatic carbocycles. The molecule has 1 heterocycles. The van der Waals surface area contributed by atoms with E-state index < -0.39 is 0 Å². The lowest BCUT2D eigenvalue weighted by atomic mass is 10.1. The second-order valence-corrected chi connectivity index (χ2v) is 7.55. The number of aryl methyl sites for hydroxylation is 1. The Balaban J connectivity index is 1.27. The van der Waals surface area contributed by atoms with Crippen molar-refractivity contribution < 1.29 is 18.3 Å². The zero-order valence-corrected chi connectivity index (χ0v) is 17.1. The van der Waals surface area contributed by atoms with Crippen LogP contribution in [0.2, 0.25) is 0 Å². The molecule has 4 nitrogen and oxygen atoms in total. The van der Waals surface area contributed by atoms with Crippen LogP contribution >= 0.6 is 0 Å². The molecule has 1 aliphatic heterocycles. The first-order valence-corrected chi connectivity index (χ1v) is 10.4. The van der Waals surface area contributed by atoms with Gasteiger partial charge in [0.1, 0.15) is 23.1 Å². The Morgan fingerprint density at radius 3 is 2.13 bits per heavy atom. The van der Waals surface area contributed by atoms with E-state index >= 15 is 0 Å². The average Bonchev–Trinajstić information content (AvgIpc) is 2.80. The van der Waals surface area contributed by atoms with Crippen molar-refractivity contribution in [2.75, 3.05) is 31.1 Å². The molecule has 0 aliphatic carbocycles. The van der Waals surface area contributed by atoms with E-state index in [0.717, 1.165) is 24.3 Å². The van der Waals surface area contributed by atoms with Crippen molar-refractivity contribution >= 4 is 11.6 Å². The molecule has 160 valence electrons. The normalized spacial score (nSPS) is 13.9. The minimum atomic E-state index is -0.307. The number of piperazine rings is 1. The topological polar surface area (TPSA) is 32.8 Å². The zero-order valence-electron chi connectivity index (χ0n) is 17.1. The van der Waals surface area contributed by atoms with Crippen LogP contribution in [0, 0.1) is 11.6 Å². The second kappa shape index (κ2) is 9.60. The number of halogens is 2. The van der Waals surface area contributed by atoms with E-state index in [4.69, 9.17) is 4.74 Å². The molecule has 0 radical (unpaired) electrons. The summed E-state index contributed by atoms with van der Waals surface area (Å²) < 4.78 is 31.9. The number of carbonyl (C=O) groups excluding carboxylic acids is 1. The molecule has 0 unspecified atom stereocenters. The van der Waals surface area contributed by atoms with Gasteiger partial charge in [-0.2, -0.15) is 0 Å². The monoisotopic (exact) mass is 422 g/mol. The number of amides is 1. The van der Waals surface area contributed by atoms with E-state index in [1.54, 1.807) is 24.3 Å². The quantitative estimate of drug-likeness (QED) is 0.558. The number of hydrogen-bond donors (Lipinski definition) is 0. The summed E-state index contributed by atoms with van der Waals surface area (Å²) in [6.07, 6.45) is 1.05. The van der Waals surface area contributed by atoms with Crippen molar-refractivity contribution in [3.63, 3.8) is 0 Å². The molecule has 31 heavy (non-hydrogen) atoms. The molecule has 0 atom stereocenters. The predicted octanol–water partition coefficient (Wildman–Crippen LogP) is 5.04. The summed E-state index contributed by atoms with van der Waals surface area (Å²) in [5.74, 6) is 0.796. The first kappa shape index (κ1) is 20.8. The largest absolute Gasteiger partial charge is 0.457 e. The maximum atomic E-state index is 13.1. The van der Waals surface area contributed by atoms with Crippen LogP contribution in [-0.2, 0) is 11.2 Å². The van der Waals surface area contributed by atoms with Crippen LogP contribution in [0.3, 0.4) is 0 Å². The molecule has 0 N–H and O–H groups in total. The van der Waals surface area contributed by atoms with E-state index in [0.29, 0.717) is 37.4 Å². The Bertz CT molecular complexity index is 1010. The minimum absolute atomic E-state index is 0.128. The van der Waals surface area contributed by atoms with Gasteiger partial charge in [0, 0.05) is 38.3 Å². The van der Waals surface area contributed by atoms with Crippen molar-refractivity contribution in [3.8, 4) is 11.5 Å². The molecule has 1 aliphatic rings. The summed E-state index contributed by atoms with van der Waals surface area (Å²) in [7, 11) is 0. The van der Waals surface area contributed by atoms with E-state index in [9.17, 15) is 13.6 Å². The maximum Gasteiger partial charge on any atom is 0.223 e. The van der Waals surface area contributed by atoms with Crippen LogP contribution in [0.25, 0.3) is 0 Å². The highest BCUT2D eigenvalue weighted by Crippen LogP contribution is 2.23. The molecular weight excluding hydrogens is 398 g/mol. The van der Waals surface area contributed by atoms with Crippen LogP contribution in [0.5, 0.6) is 11.5 Å². The summed E-state index contributed by atoms with van der Waals surface area (Å²) in [6.45, 7) is 2.78. The van der Waals surface area contributed by atoms with Gasteiger partial charge in [0.05, 0.1) is 0 Å². The van der Waals surface area contributed by atoms with Gasteiger partial charge in [-0.15, -0.1) is 0 Å². The summed E-state index contributed by atoms with van der Waals surface area (Å²) in [5, 5.41) is 0. The number of hydrogen-bond acceptors (Lipinski definition) is 3. The van der Waals surface area contributed by atoms with Crippen LogP contribution in [0.4, 0.5) is 14.5 Å². The van der Waals surface area contributed by atoms with Gasteiger partial charge in [-0.3, -0.25) is 4.79 Å². The summed E-state index contributed by atoms with van der Waals surface area (Å²) >= 11 is 0. The SMILES string of the molecule is O=C(CCc1cccc(Oc2ccc(F)cc2)c1)N1CCN(c2ccc(F)cc2)CC1. The first-order chi connectivity index (χ1) is 15.1. The van der Waals surface area contributed by atoms with Crippen molar-refractivity contribution in [1.82, 2.24) is 4.90 Å². The third kappa shape index (κ3) is 5.60. The Morgan fingerprint density at radius 1 is 0.806 bits per heavy atom. The Morgan fingerprint density at radius 2 is 1.45 bits per heavy atom. The van der Waals surface area contributed by atoms with E-state index in [1.165, 1.54) is 24.3 Å². The lowest BCUT2D eigenvalue weighted by Crippen LogP contribution is -2.48. The third-order valence-corrected chi connectivity index (χ3v) is 5.40. The van der Waals surface area contributed by atoms with Gasteiger partial charge in [-0.25, -0.2) is 8.78 Å². The number of rotatable bonds is 6. The van der Waals surface area contributed by atoms with Gasteiger partial charge in [-0.1, -0.05) is 12.1 Å². The molecular formula is C25H24F2N2O2. The molecule has 4 rings (SSSR count). The van der Waals surface area contributed by atoms with Gasteiger partial charge in [0.15, 0.2) is 0 Å². The number of nitrogens with zero attached hydrogens (tertiary/aromatic N) is 2. The van der Waals surface area contributed by atoms with Gasteiger partial charge in [-0.05, 0) is 72.6 Å². The van der Waals surface area contributed by atoms with Crippen molar-refractivity contribution in [3.05, 3.63) is 90.0 Å². The van der Waals surface area contributed by atoms with E-state index in [1.807, 2.05) is 29.2 Å². The van der Waals surface area contributed by atoms with Gasteiger partial charge in [0.25, 0.3) is 0 Å². The smallest absolute Gasteiger partial charge is 0.223 e. The molecule has 0 bridgehead atoms. The van der Waals surface area contributed by atoms with Crippen LogP contribution in [0.15, 0.2) is 72.8 Å². The molecule has 0 saturated carbocycles. The lowest BCUT2D eigenvalue weighted by Gasteiger charge is -2.36. The second-order valence-electron chi connectivity index (χ2n) is 7.55. The Hall–Kier alpha value is -3.41. The Labute approximate surface area is 180 Å². The molecule has 0 spiro atoms. The summed E-state index contributed by atoms with van der Waals surface area (Å²) in [6, 6.07) is 19.9. The average molecular weight is 422 g/mol. The fourth-order valence-electron chi connectivity index (χ4n) is 3.68. The zero-order chi connectivity index (χ0) is 21.6. The van der Waals surface area contributed by atoms with E-state index in [-0.39, 0.29) is 17.5 Å². The van der Waals surface area contributed by atoms with Gasteiger partial charge >= 0.3 is 0 Å². The lowest BCUT2D eigenvalue weighted by molar-refractivity contribution is -0.131. The number of anilines is 1. The van der Waals surface area contributed by atoms with Crippen LogP contribution in [0.1, 0.15) is 12.0 Å². The van der Waals surface area contributed by atoms with Gasteiger partial charge in [0.2, 0.25) is 5.91 Å². The molecule has 1 amide bonds. The molecule has 6 heteroatoms. The molecule has 1 saturated heterocycles. The van der Waals surface area contributed by atoms with Crippen LogP contribution < -0.4 is 9.64 Å². The first-order valence-electron chi connectivity index (χ1n) is 10.4. The van der Waals surface area contributed by atoms with Crippen molar-refractivity contribution in [2.45, 2.75) is 12.8 Å². The molecule has 0 aromatic heterocycles. The summed E-state index contributed by atoms with van der Waals surface area (Å²) in [5.41, 5.74) is 1.99. The number of benzene rings is 3. The summed E-state index contributed by atoms with van der Waals surface area (Å²) in [4.78, 5) is 16.7. The number of carbonyl (C=O) groups is 1. The minimum Gasteiger partial charge on any atom is -0.457 e. The standard InChI is InChI=1S/C25H24F2N2O2/c26-20-5-9-22(10-6-20)28-14-16-29(17-15-28)25(30)13-4-19-2-1-3-24(18-19)31-23-11-7-21(27)8-12-23/h1-3,5-12,18H,4,13-17H2. The van der Waals surface area contributed by atoms with Crippen LogP contribution in [-0.4, -0.2) is 37.0 Å².